The Morgan fingerprint density at radius 1 is 1.16 bits per heavy atom. The molecule has 2 fully saturated rings. The fourth-order valence-corrected chi connectivity index (χ4v) is 6.13. The molecule has 1 spiro atoms. The standard InChI is InChI=1S/C29H46O8/c1-18(12-13-24(34-7)21-10-9-11-22(14-21)33-6)26-20(3)23(30)16-29(36-26)27(4,5)15-19(2)28(32,37-29)17-25(31)35-8/h9-11,14,18-20,23-24,26,30,32H,12-13,15-17H2,1-8H3/t18-,19+,20-,23-,24-,26?,28-,29+/m0/s1. The van der Waals surface area contributed by atoms with Crippen molar-refractivity contribution in [1.29, 1.82) is 0 Å². The molecule has 2 heterocycles. The molecule has 210 valence electrons. The van der Waals surface area contributed by atoms with E-state index in [0.717, 1.165) is 24.2 Å². The van der Waals surface area contributed by atoms with Gasteiger partial charge in [-0.15, -0.1) is 0 Å². The average molecular weight is 523 g/mol. The van der Waals surface area contributed by atoms with Crippen molar-refractivity contribution in [2.75, 3.05) is 21.3 Å². The summed E-state index contributed by atoms with van der Waals surface area (Å²) >= 11 is 0. The zero-order chi connectivity index (χ0) is 27.6. The molecule has 0 radical (unpaired) electrons. The van der Waals surface area contributed by atoms with Gasteiger partial charge in [-0.3, -0.25) is 4.79 Å². The molecule has 8 heteroatoms. The maximum atomic E-state index is 12.1. The van der Waals surface area contributed by atoms with Crippen LogP contribution in [-0.4, -0.2) is 61.3 Å². The van der Waals surface area contributed by atoms with Gasteiger partial charge in [0.25, 0.3) is 0 Å². The molecule has 3 rings (SSSR count). The van der Waals surface area contributed by atoms with Crippen molar-refractivity contribution < 1.29 is 38.7 Å². The van der Waals surface area contributed by atoms with Gasteiger partial charge in [0.15, 0.2) is 11.6 Å². The highest BCUT2D eigenvalue weighted by Crippen LogP contribution is 2.56. The lowest BCUT2D eigenvalue weighted by molar-refractivity contribution is -0.451. The number of carbonyl (C=O) groups is 1. The van der Waals surface area contributed by atoms with E-state index in [1.54, 1.807) is 14.2 Å². The van der Waals surface area contributed by atoms with Crippen LogP contribution >= 0.6 is 0 Å². The van der Waals surface area contributed by atoms with E-state index in [1.807, 2.05) is 52.0 Å². The molecule has 2 saturated heterocycles. The van der Waals surface area contributed by atoms with Crippen molar-refractivity contribution in [1.82, 2.24) is 0 Å². The number of carbonyl (C=O) groups excluding carboxylic acids is 1. The second-order valence-corrected chi connectivity index (χ2v) is 11.7. The molecular formula is C29H46O8. The fraction of sp³-hybridized carbons (Fsp3) is 0.759. The summed E-state index contributed by atoms with van der Waals surface area (Å²) in [7, 11) is 4.64. The van der Waals surface area contributed by atoms with Crippen LogP contribution < -0.4 is 4.74 Å². The minimum atomic E-state index is -1.75. The minimum absolute atomic E-state index is 0.0672. The zero-order valence-corrected chi connectivity index (χ0v) is 23.7. The first kappa shape index (κ1) is 29.8. The number of benzene rings is 1. The Morgan fingerprint density at radius 2 is 1.86 bits per heavy atom. The van der Waals surface area contributed by atoms with Gasteiger partial charge in [0.2, 0.25) is 0 Å². The highest BCUT2D eigenvalue weighted by atomic mass is 16.8. The third kappa shape index (κ3) is 6.14. The Morgan fingerprint density at radius 3 is 2.49 bits per heavy atom. The van der Waals surface area contributed by atoms with Gasteiger partial charge in [0.1, 0.15) is 5.75 Å². The number of hydrogen-bond donors (Lipinski definition) is 2. The Hall–Kier alpha value is -1.71. The smallest absolute Gasteiger partial charge is 0.310 e. The summed E-state index contributed by atoms with van der Waals surface area (Å²) in [5.41, 5.74) is 0.533. The van der Waals surface area contributed by atoms with Crippen LogP contribution in [0.4, 0.5) is 0 Å². The summed E-state index contributed by atoms with van der Waals surface area (Å²) in [6.07, 6.45) is 0.909. The number of aliphatic hydroxyl groups excluding tert-OH is 1. The maximum Gasteiger partial charge on any atom is 0.310 e. The molecule has 1 aromatic rings. The summed E-state index contributed by atoms with van der Waals surface area (Å²) in [5, 5.41) is 22.6. The topological polar surface area (TPSA) is 104 Å². The van der Waals surface area contributed by atoms with E-state index < -0.39 is 29.1 Å². The highest BCUT2D eigenvalue weighted by Gasteiger charge is 2.63. The molecule has 37 heavy (non-hydrogen) atoms. The lowest BCUT2D eigenvalue weighted by atomic mass is 9.66. The van der Waals surface area contributed by atoms with E-state index in [4.69, 9.17) is 23.7 Å². The van der Waals surface area contributed by atoms with Crippen LogP contribution in [0.3, 0.4) is 0 Å². The van der Waals surface area contributed by atoms with E-state index in [9.17, 15) is 15.0 Å². The molecule has 0 aliphatic carbocycles. The van der Waals surface area contributed by atoms with Crippen molar-refractivity contribution in [2.24, 2.45) is 23.2 Å². The lowest BCUT2D eigenvalue weighted by Gasteiger charge is -2.61. The minimum Gasteiger partial charge on any atom is -0.497 e. The summed E-state index contributed by atoms with van der Waals surface area (Å²) in [4.78, 5) is 12.1. The first-order chi connectivity index (χ1) is 17.3. The number of methoxy groups -OCH3 is 3. The van der Waals surface area contributed by atoms with Gasteiger partial charge in [-0.05, 0) is 42.9 Å². The Labute approximate surface area is 221 Å². The van der Waals surface area contributed by atoms with E-state index >= 15 is 0 Å². The van der Waals surface area contributed by atoms with Gasteiger partial charge in [-0.25, -0.2) is 0 Å². The van der Waals surface area contributed by atoms with E-state index in [0.29, 0.717) is 6.42 Å². The monoisotopic (exact) mass is 522 g/mol. The van der Waals surface area contributed by atoms with Gasteiger partial charge in [-0.1, -0.05) is 46.8 Å². The second kappa shape index (κ2) is 11.6. The van der Waals surface area contributed by atoms with Gasteiger partial charge in [-0.2, -0.15) is 0 Å². The first-order valence-corrected chi connectivity index (χ1v) is 13.3. The van der Waals surface area contributed by atoms with Crippen molar-refractivity contribution in [2.45, 2.75) is 96.6 Å². The van der Waals surface area contributed by atoms with Gasteiger partial charge < -0.3 is 33.9 Å². The zero-order valence-electron chi connectivity index (χ0n) is 23.7. The molecule has 0 aromatic heterocycles. The SMILES string of the molecule is COC(=O)C[C@]1(O)O[C@]2(C[C@H](O)[C@H](C)C([C@@H](C)CC[C@H](OC)c3cccc(OC)c3)O2)C(C)(C)C[C@H]1C. The second-order valence-electron chi connectivity index (χ2n) is 11.7. The fourth-order valence-electron chi connectivity index (χ4n) is 6.13. The van der Waals surface area contributed by atoms with Crippen molar-refractivity contribution in [3.05, 3.63) is 29.8 Å². The Bertz CT molecular complexity index is 919. The van der Waals surface area contributed by atoms with E-state index in [2.05, 4.69) is 6.92 Å². The molecule has 0 bridgehead atoms. The molecule has 0 amide bonds. The average Bonchev–Trinajstić information content (AvgIpc) is 2.85. The molecular weight excluding hydrogens is 476 g/mol. The molecule has 8 atom stereocenters. The maximum absolute atomic E-state index is 12.1. The van der Waals surface area contributed by atoms with Crippen LogP contribution in [0.2, 0.25) is 0 Å². The Balaban J connectivity index is 1.81. The quantitative estimate of drug-likeness (QED) is 0.453. The van der Waals surface area contributed by atoms with Crippen LogP contribution in [0.15, 0.2) is 24.3 Å². The summed E-state index contributed by atoms with van der Waals surface area (Å²) < 4.78 is 29.2. The van der Waals surface area contributed by atoms with Gasteiger partial charge in [0, 0.05) is 30.8 Å². The Kier molecular flexibility index (Phi) is 9.34. The molecule has 8 nitrogen and oxygen atoms in total. The van der Waals surface area contributed by atoms with Crippen molar-refractivity contribution >= 4 is 5.97 Å². The van der Waals surface area contributed by atoms with Crippen LogP contribution in [0, 0.1) is 23.2 Å². The van der Waals surface area contributed by atoms with Crippen LogP contribution in [0.5, 0.6) is 5.75 Å². The van der Waals surface area contributed by atoms with E-state index in [1.165, 1.54) is 7.11 Å². The van der Waals surface area contributed by atoms with Crippen molar-refractivity contribution in [3.8, 4) is 5.75 Å². The molecule has 2 aliphatic heterocycles. The predicted molar refractivity (Wildman–Crippen MR) is 139 cm³/mol. The highest BCUT2D eigenvalue weighted by molar-refractivity contribution is 5.70. The number of rotatable bonds is 9. The first-order valence-electron chi connectivity index (χ1n) is 13.3. The molecule has 2 N–H and O–H groups in total. The van der Waals surface area contributed by atoms with Gasteiger partial charge >= 0.3 is 5.97 Å². The number of ether oxygens (including phenoxy) is 5. The summed E-state index contributed by atoms with van der Waals surface area (Å²) in [6, 6.07) is 7.88. The predicted octanol–water partition coefficient (Wildman–Crippen LogP) is 4.62. The molecule has 0 saturated carbocycles. The molecule has 1 unspecified atom stereocenters. The summed E-state index contributed by atoms with van der Waals surface area (Å²) in [6.45, 7) is 10.0. The van der Waals surface area contributed by atoms with Crippen molar-refractivity contribution in [3.63, 3.8) is 0 Å². The number of hydrogen-bond acceptors (Lipinski definition) is 8. The third-order valence-electron chi connectivity index (χ3n) is 8.71. The normalized spacial score (nSPS) is 35.1. The van der Waals surface area contributed by atoms with Crippen LogP contribution in [-0.2, 0) is 23.7 Å². The van der Waals surface area contributed by atoms with Gasteiger partial charge in [0.05, 0.1) is 39.0 Å². The van der Waals surface area contributed by atoms with E-state index in [-0.39, 0.29) is 42.8 Å². The molecule has 2 aliphatic rings. The summed E-state index contributed by atoms with van der Waals surface area (Å²) in [5.74, 6) is -3.16. The number of esters is 1. The lowest BCUT2D eigenvalue weighted by Crippen LogP contribution is -2.68. The number of aliphatic hydroxyl groups is 2. The van der Waals surface area contributed by atoms with Crippen LogP contribution in [0.25, 0.3) is 0 Å². The van der Waals surface area contributed by atoms with Crippen LogP contribution in [0.1, 0.15) is 78.4 Å². The largest absolute Gasteiger partial charge is 0.497 e. The third-order valence-corrected chi connectivity index (χ3v) is 8.71. The molecule has 1 aromatic carbocycles.